The van der Waals surface area contributed by atoms with Crippen molar-refractivity contribution in [3.8, 4) is 0 Å². The molecule has 0 saturated heterocycles. The number of pyridine rings is 1. The molecule has 3 aromatic rings. The molecule has 3 rings (SSSR count). The average Bonchev–Trinajstić information content (AvgIpc) is 2.67. The highest BCUT2D eigenvalue weighted by Gasteiger charge is 2.14. The fourth-order valence-corrected chi connectivity index (χ4v) is 2.54. The summed E-state index contributed by atoms with van der Waals surface area (Å²) in [6.45, 7) is 2.05. The highest BCUT2D eigenvalue weighted by atomic mass is 16.5. The van der Waals surface area contributed by atoms with E-state index in [9.17, 15) is 14.4 Å². The molecule has 0 unspecified atom stereocenters. The summed E-state index contributed by atoms with van der Waals surface area (Å²) < 4.78 is 11.5. The molecule has 1 heterocycles. The number of nitrogens with zero attached hydrogens (tertiary/aromatic N) is 1. The second-order valence-electron chi connectivity index (χ2n) is 5.54. The Labute approximate surface area is 149 Å². The van der Waals surface area contributed by atoms with Gasteiger partial charge in [0.1, 0.15) is 6.61 Å². The first-order chi connectivity index (χ1) is 12.6. The summed E-state index contributed by atoms with van der Waals surface area (Å²) in [6, 6.07) is 15.0. The Bertz CT molecular complexity index is 1010. The molecule has 0 aliphatic heterocycles. The summed E-state index contributed by atoms with van der Waals surface area (Å²) in [5.41, 5.74) is 1.19. The maximum atomic E-state index is 12.3. The number of esters is 1. The van der Waals surface area contributed by atoms with Crippen molar-refractivity contribution in [1.29, 1.82) is 0 Å². The number of hydrogen-bond acceptors (Lipinski definition) is 5. The molecule has 6 heteroatoms. The minimum Gasteiger partial charge on any atom is -0.457 e. The van der Waals surface area contributed by atoms with E-state index in [1.165, 1.54) is 35.0 Å². The van der Waals surface area contributed by atoms with Gasteiger partial charge in [-0.05, 0) is 30.7 Å². The first kappa shape index (κ1) is 17.4. The lowest BCUT2D eigenvalue weighted by molar-refractivity contribution is 0.0473. The molecule has 1 aromatic heterocycles. The first-order valence-electron chi connectivity index (χ1n) is 8.13. The number of carbonyl (C=O) groups is 2. The molecule has 0 amide bonds. The highest BCUT2D eigenvalue weighted by molar-refractivity contribution is 5.96. The smallest absolute Gasteiger partial charge is 0.418 e. The molecule has 26 heavy (non-hydrogen) atoms. The van der Waals surface area contributed by atoms with Gasteiger partial charge in [-0.15, -0.1) is 0 Å². The maximum absolute atomic E-state index is 12.3. The van der Waals surface area contributed by atoms with Crippen molar-refractivity contribution >= 4 is 23.0 Å². The molecule has 0 bridgehead atoms. The van der Waals surface area contributed by atoms with Crippen LogP contribution in [-0.4, -0.2) is 23.2 Å². The number of aromatic nitrogens is 1. The summed E-state index contributed by atoms with van der Waals surface area (Å²) in [4.78, 5) is 36.4. The molecular weight excluding hydrogens is 334 g/mol. The van der Waals surface area contributed by atoms with Gasteiger partial charge in [0.2, 0.25) is 0 Å². The molecule has 0 N–H and O–H groups in total. The van der Waals surface area contributed by atoms with Crippen LogP contribution in [-0.2, 0) is 16.1 Å². The Morgan fingerprint density at radius 3 is 2.50 bits per heavy atom. The number of benzene rings is 2. The zero-order valence-corrected chi connectivity index (χ0v) is 14.2. The lowest BCUT2D eigenvalue weighted by atomic mass is 10.1. The zero-order chi connectivity index (χ0) is 18.5. The molecule has 6 nitrogen and oxygen atoms in total. The maximum Gasteiger partial charge on any atom is 0.418 e. The Kier molecular flexibility index (Phi) is 5.12. The summed E-state index contributed by atoms with van der Waals surface area (Å²) in [6.07, 6.45) is 0.771. The van der Waals surface area contributed by atoms with E-state index in [1.54, 1.807) is 6.92 Å². The fraction of sp³-hybridized carbons (Fsp3) is 0.150. The number of fused-ring (bicyclic) bond motifs is 1. The Morgan fingerprint density at radius 1 is 1.00 bits per heavy atom. The Balaban J connectivity index is 1.89. The molecule has 0 aliphatic carbocycles. The zero-order valence-electron chi connectivity index (χ0n) is 14.2. The van der Waals surface area contributed by atoms with Gasteiger partial charge in [-0.2, -0.15) is 0 Å². The Morgan fingerprint density at radius 2 is 1.77 bits per heavy atom. The highest BCUT2D eigenvalue weighted by Crippen LogP contribution is 2.15. The Hall–Kier alpha value is -3.41. The van der Waals surface area contributed by atoms with E-state index in [-0.39, 0.29) is 29.6 Å². The minimum absolute atomic E-state index is 0.138. The van der Waals surface area contributed by atoms with E-state index in [1.807, 2.05) is 30.3 Å². The van der Waals surface area contributed by atoms with E-state index < -0.39 is 12.1 Å². The van der Waals surface area contributed by atoms with E-state index in [0.717, 1.165) is 5.56 Å². The standard InChI is InChI=1S/C20H17NO5/c1-2-25-20(24)21-11-10-18(22)16-12-15(8-9-17(16)21)19(23)26-13-14-6-4-3-5-7-14/h3-12H,2,13H2,1H3. The largest absolute Gasteiger partial charge is 0.457 e. The van der Waals surface area contributed by atoms with Crippen molar-refractivity contribution in [2.45, 2.75) is 13.5 Å². The minimum atomic E-state index is -0.586. The molecule has 0 radical (unpaired) electrons. The number of hydrogen-bond donors (Lipinski definition) is 0. The van der Waals surface area contributed by atoms with E-state index in [0.29, 0.717) is 5.52 Å². The summed E-state index contributed by atoms with van der Waals surface area (Å²) >= 11 is 0. The molecular formula is C20H17NO5. The first-order valence-corrected chi connectivity index (χ1v) is 8.13. The van der Waals surface area contributed by atoms with Gasteiger partial charge in [0.05, 0.1) is 17.7 Å². The van der Waals surface area contributed by atoms with Crippen LogP contribution in [0.25, 0.3) is 10.9 Å². The number of carbonyl (C=O) groups excluding carboxylic acids is 2. The normalized spacial score (nSPS) is 10.5. The van der Waals surface area contributed by atoms with Gasteiger partial charge < -0.3 is 9.47 Å². The fourth-order valence-electron chi connectivity index (χ4n) is 2.54. The third-order valence-corrected chi connectivity index (χ3v) is 3.81. The summed E-state index contributed by atoms with van der Waals surface area (Å²) in [5, 5.41) is 0.245. The van der Waals surface area contributed by atoms with Crippen LogP contribution in [0.2, 0.25) is 0 Å². The van der Waals surface area contributed by atoms with Crippen LogP contribution in [0, 0.1) is 0 Å². The summed E-state index contributed by atoms with van der Waals surface area (Å²) in [5.74, 6) is -0.540. The van der Waals surface area contributed by atoms with Crippen LogP contribution in [0.15, 0.2) is 65.6 Å². The molecule has 132 valence electrons. The van der Waals surface area contributed by atoms with Gasteiger partial charge in [-0.1, -0.05) is 30.3 Å². The molecule has 0 saturated carbocycles. The predicted molar refractivity (Wildman–Crippen MR) is 96.2 cm³/mol. The van der Waals surface area contributed by atoms with Crippen LogP contribution in [0.3, 0.4) is 0 Å². The molecule has 2 aromatic carbocycles. The second kappa shape index (κ2) is 7.65. The van der Waals surface area contributed by atoms with Crippen LogP contribution in [0.5, 0.6) is 0 Å². The lowest BCUT2D eigenvalue weighted by Gasteiger charge is -2.10. The van der Waals surface area contributed by atoms with Crippen LogP contribution < -0.4 is 5.43 Å². The molecule has 0 aliphatic rings. The predicted octanol–water partition coefficient (Wildman–Crippen LogP) is 3.36. The van der Waals surface area contributed by atoms with Crippen LogP contribution in [0.4, 0.5) is 4.79 Å². The van der Waals surface area contributed by atoms with Gasteiger partial charge >= 0.3 is 12.1 Å². The van der Waals surface area contributed by atoms with Crippen LogP contribution in [0.1, 0.15) is 22.8 Å². The molecule has 0 spiro atoms. The van der Waals surface area contributed by atoms with Gasteiger partial charge in [0, 0.05) is 17.6 Å². The molecule has 0 fully saturated rings. The van der Waals surface area contributed by atoms with Crippen molar-refractivity contribution in [2.24, 2.45) is 0 Å². The third-order valence-electron chi connectivity index (χ3n) is 3.81. The van der Waals surface area contributed by atoms with Gasteiger partial charge in [0.25, 0.3) is 0 Å². The van der Waals surface area contributed by atoms with Crippen molar-refractivity contribution < 1.29 is 19.1 Å². The van der Waals surface area contributed by atoms with Gasteiger partial charge in [0.15, 0.2) is 5.43 Å². The van der Waals surface area contributed by atoms with Crippen molar-refractivity contribution in [2.75, 3.05) is 6.61 Å². The topological polar surface area (TPSA) is 74.6 Å². The number of ether oxygens (including phenoxy) is 2. The number of rotatable bonds is 4. The van der Waals surface area contributed by atoms with Gasteiger partial charge in [-0.25, -0.2) is 9.59 Å². The van der Waals surface area contributed by atoms with Crippen LogP contribution >= 0.6 is 0 Å². The van der Waals surface area contributed by atoms with Gasteiger partial charge in [-0.3, -0.25) is 9.36 Å². The summed E-state index contributed by atoms with van der Waals surface area (Å²) in [7, 11) is 0. The quantitative estimate of drug-likeness (QED) is 0.674. The monoisotopic (exact) mass is 351 g/mol. The van der Waals surface area contributed by atoms with E-state index >= 15 is 0 Å². The van der Waals surface area contributed by atoms with E-state index in [4.69, 9.17) is 9.47 Å². The van der Waals surface area contributed by atoms with Crippen molar-refractivity contribution in [1.82, 2.24) is 4.57 Å². The SMILES string of the molecule is CCOC(=O)n1ccc(=O)c2cc(C(=O)OCc3ccccc3)ccc21. The van der Waals surface area contributed by atoms with Crippen molar-refractivity contribution in [3.05, 3.63) is 82.1 Å². The third kappa shape index (κ3) is 3.64. The lowest BCUT2D eigenvalue weighted by Crippen LogP contribution is -2.17. The average molecular weight is 351 g/mol. The second-order valence-corrected chi connectivity index (χ2v) is 5.54. The molecule has 0 atom stereocenters. The van der Waals surface area contributed by atoms with Crippen molar-refractivity contribution in [3.63, 3.8) is 0 Å². The van der Waals surface area contributed by atoms with E-state index in [2.05, 4.69) is 0 Å².